The second kappa shape index (κ2) is 7.14. The van der Waals surface area contributed by atoms with E-state index in [0.717, 1.165) is 11.0 Å². The van der Waals surface area contributed by atoms with Crippen molar-refractivity contribution in [3.63, 3.8) is 0 Å². The highest BCUT2D eigenvalue weighted by Gasteiger charge is 2.46. The number of halogens is 1. The lowest BCUT2D eigenvalue weighted by Crippen LogP contribution is -2.62. The molecule has 1 atom stereocenters. The van der Waals surface area contributed by atoms with Gasteiger partial charge in [0.2, 0.25) is 5.91 Å². The molecule has 1 aromatic carbocycles. The molecule has 11 nitrogen and oxygen atoms in total. The second-order valence-electron chi connectivity index (χ2n) is 6.63. The van der Waals surface area contributed by atoms with Crippen molar-refractivity contribution in [3.8, 4) is 0 Å². The fourth-order valence-electron chi connectivity index (χ4n) is 3.07. The predicted octanol–water partition coefficient (Wildman–Crippen LogP) is -1.60. The first-order valence-corrected chi connectivity index (χ1v) is 8.32. The molecule has 0 spiro atoms. The molecule has 2 heterocycles. The third-order valence-electron chi connectivity index (χ3n) is 4.16. The molecule has 2 amide bonds. The number of benzene rings is 1. The monoisotopic (exact) mass is 401 g/mol. The van der Waals surface area contributed by atoms with Crippen LogP contribution in [0.3, 0.4) is 0 Å². The number of cyclic esters (lactones) is 1. The molecular formula is C16H20FN3O8. The Bertz CT molecular complexity index is 771. The molecule has 5 N–H and O–H groups in total. The van der Waals surface area contributed by atoms with E-state index in [1.807, 2.05) is 0 Å². The summed E-state index contributed by atoms with van der Waals surface area (Å²) in [5, 5.41) is 40.8. The number of carbonyl (C=O) groups excluding carboxylic acids is 2. The SMILES string of the molecule is CC(=O)NCC1CN(c2ccc(N3CC(O)(O)OC(O)(O)C3)c(F)c2)C(=O)O1. The van der Waals surface area contributed by atoms with Crippen LogP contribution in [0.4, 0.5) is 20.6 Å². The lowest BCUT2D eigenvalue weighted by Gasteiger charge is -2.42. The second-order valence-corrected chi connectivity index (χ2v) is 6.63. The standard InChI is InChI=1S/C16H20FN3O8/c1-9(21)18-5-11-6-20(14(22)27-11)10-2-3-13(12(17)4-10)19-7-15(23,24)28-16(25,26)8-19/h2-4,11,23-26H,5-8H2,1H3,(H,18,21). The highest BCUT2D eigenvalue weighted by Crippen LogP contribution is 2.32. The van der Waals surface area contributed by atoms with Crippen molar-refractivity contribution in [1.29, 1.82) is 0 Å². The number of morpholine rings is 1. The molecule has 3 rings (SSSR count). The number of ether oxygens (including phenoxy) is 2. The highest BCUT2D eigenvalue weighted by atomic mass is 19.1. The smallest absolute Gasteiger partial charge is 0.414 e. The molecule has 2 fully saturated rings. The first-order valence-electron chi connectivity index (χ1n) is 8.32. The molecular weight excluding hydrogens is 381 g/mol. The molecule has 2 saturated heterocycles. The Morgan fingerprint density at radius 3 is 2.50 bits per heavy atom. The third kappa shape index (κ3) is 4.48. The summed E-state index contributed by atoms with van der Waals surface area (Å²) in [4.78, 5) is 25.1. The molecule has 1 unspecified atom stereocenters. The molecule has 0 bridgehead atoms. The molecule has 154 valence electrons. The van der Waals surface area contributed by atoms with Gasteiger partial charge in [-0.3, -0.25) is 14.4 Å². The van der Waals surface area contributed by atoms with Gasteiger partial charge in [-0.2, -0.15) is 0 Å². The van der Waals surface area contributed by atoms with Crippen LogP contribution < -0.4 is 15.1 Å². The molecule has 0 aromatic heterocycles. The van der Waals surface area contributed by atoms with Crippen molar-refractivity contribution in [3.05, 3.63) is 24.0 Å². The highest BCUT2D eigenvalue weighted by molar-refractivity contribution is 5.90. The van der Waals surface area contributed by atoms with Gasteiger partial charge in [0.15, 0.2) is 0 Å². The van der Waals surface area contributed by atoms with E-state index in [-0.39, 0.29) is 30.4 Å². The van der Waals surface area contributed by atoms with Gasteiger partial charge in [0.1, 0.15) is 25.0 Å². The van der Waals surface area contributed by atoms with Crippen LogP contribution in [-0.4, -0.2) is 76.7 Å². The van der Waals surface area contributed by atoms with Crippen LogP contribution >= 0.6 is 0 Å². The van der Waals surface area contributed by atoms with E-state index >= 15 is 0 Å². The molecule has 0 radical (unpaired) electrons. The molecule has 1 aromatic rings. The lowest BCUT2D eigenvalue weighted by molar-refractivity contribution is -0.474. The summed E-state index contributed by atoms with van der Waals surface area (Å²) in [5.74, 6) is -6.92. The van der Waals surface area contributed by atoms with E-state index < -0.39 is 43.1 Å². The van der Waals surface area contributed by atoms with Crippen LogP contribution in [0.1, 0.15) is 6.92 Å². The number of carbonyl (C=O) groups is 2. The van der Waals surface area contributed by atoms with Gasteiger partial charge in [-0.05, 0) is 18.2 Å². The molecule has 12 heteroatoms. The average molecular weight is 401 g/mol. The summed E-state index contributed by atoms with van der Waals surface area (Å²) in [6, 6.07) is 3.67. The number of nitrogens with one attached hydrogen (secondary N) is 1. The predicted molar refractivity (Wildman–Crippen MR) is 90.3 cm³/mol. The Morgan fingerprint density at radius 1 is 1.29 bits per heavy atom. The number of amides is 2. The van der Waals surface area contributed by atoms with E-state index in [4.69, 9.17) is 4.74 Å². The first-order chi connectivity index (χ1) is 13.0. The number of nitrogens with zero attached hydrogens (tertiary/aromatic N) is 2. The summed E-state index contributed by atoms with van der Waals surface area (Å²) in [7, 11) is 0. The van der Waals surface area contributed by atoms with Crippen LogP contribution in [0.15, 0.2) is 18.2 Å². The van der Waals surface area contributed by atoms with Crippen molar-refractivity contribution in [2.45, 2.75) is 25.0 Å². The van der Waals surface area contributed by atoms with Gasteiger partial charge in [0.25, 0.3) is 0 Å². The normalized spacial score (nSPS) is 23.5. The average Bonchev–Trinajstić information content (AvgIpc) is 2.90. The quantitative estimate of drug-likeness (QED) is 0.376. The van der Waals surface area contributed by atoms with Crippen molar-refractivity contribution < 1.29 is 43.9 Å². The Kier molecular flexibility index (Phi) is 5.16. The van der Waals surface area contributed by atoms with Gasteiger partial charge >= 0.3 is 18.0 Å². The minimum absolute atomic E-state index is 0.0994. The Balaban J connectivity index is 1.76. The molecule has 0 saturated carbocycles. The number of anilines is 2. The summed E-state index contributed by atoms with van der Waals surface area (Å²) < 4.78 is 24.0. The van der Waals surface area contributed by atoms with Gasteiger partial charge in [-0.15, -0.1) is 0 Å². The van der Waals surface area contributed by atoms with E-state index in [0.29, 0.717) is 0 Å². The third-order valence-corrected chi connectivity index (χ3v) is 4.16. The van der Waals surface area contributed by atoms with Crippen molar-refractivity contribution in [1.82, 2.24) is 5.32 Å². The zero-order valence-electron chi connectivity index (χ0n) is 14.8. The van der Waals surface area contributed by atoms with Crippen molar-refractivity contribution in [2.24, 2.45) is 0 Å². The van der Waals surface area contributed by atoms with E-state index in [9.17, 15) is 34.4 Å². The number of hydrogen-bond donors (Lipinski definition) is 5. The first kappa shape index (κ1) is 20.2. The van der Waals surface area contributed by atoms with E-state index in [2.05, 4.69) is 10.1 Å². The Labute approximate surface area is 158 Å². The topological polar surface area (TPSA) is 152 Å². The number of β-amino-alcohol motifs (C(OH)–C–C–N with tert-alkyl or cyclic N) is 4. The van der Waals surface area contributed by atoms with Gasteiger partial charge in [0, 0.05) is 6.92 Å². The van der Waals surface area contributed by atoms with E-state index in [1.165, 1.54) is 24.0 Å². The van der Waals surface area contributed by atoms with Crippen molar-refractivity contribution >= 4 is 23.4 Å². The van der Waals surface area contributed by atoms with Crippen molar-refractivity contribution in [2.75, 3.05) is 36.0 Å². The van der Waals surface area contributed by atoms with Gasteiger partial charge in [0.05, 0.1) is 24.5 Å². The fraction of sp³-hybridized carbons (Fsp3) is 0.500. The van der Waals surface area contributed by atoms with Crippen LogP contribution in [0.25, 0.3) is 0 Å². The zero-order valence-corrected chi connectivity index (χ0v) is 14.8. The largest absolute Gasteiger partial charge is 0.442 e. The van der Waals surface area contributed by atoms with E-state index in [1.54, 1.807) is 0 Å². The molecule has 2 aliphatic rings. The molecule has 0 aliphatic carbocycles. The number of hydrogen-bond acceptors (Lipinski definition) is 9. The minimum atomic E-state index is -2.90. The number of aliphatic hydroxyl groups is 4. The summed E-state index contributed by atoms with van der Waals surface area (Å²) in [6.07, 6.45) is -1.30. The molecule has 2 aliphatic heterocycles. The van der Waals surface area contributed by atoms with Crippen LogP contribution in [-0.2, 0) is 14.3 Å². The maximum Gasteiger partial charge on any atom is 0.414 e. The van der Waals surface area contributed by atoms with Crippen LogP contribution in [0, 0.1) is 5.82 Å². The zero-order chi connectivity index (χ0) is 20.7. The fourth-order valence-corrected chi connectivity index (χ4v) is 3.07. The minimum Gasteiger partial charge on any atom is -0.442 e. The maximum atomic E-state index is 14.6. The maximum absolute atomic E-state index is 14.6. The van der Waals surface area contributed by atoms with Crippen LogP contribution in [0.2, 0.25) is 0 Å². The summed E-state index contributed by atoms with van der Waals surface area (Å²) >= 11 is 0. The summed E-state index contributed by atoms with van der Waals surface area (Å²) in [6.45, 7) is 0.265. The Morgan fingerprint density at radius 2 is 1.93 bits per heavy atom. The Hall–Kier alpha value is -2.51. The van der Waals surface area contributed by atoms with Crippen LogP contribution in [0.5, 0.6) is 0 Å². The van der Waals surface area contributed by atoms with Gasteiger partial charge < -0.3 is 35.4 Å². The van der Waals surface area contributed by atoms with Gasteiger partial charge in [-0.25, -0.2) is 9.18 Å². The number of rotatable bonds is 4. The summed E-state index contributed by atoms with van der Waals surface area (Å²) in [5.41, 5.74) is 0.0257. The molecule has 28 heavy (non-hydrogen) atoms. The van der Waals surface area contributed by atoms with Gasteiger partial charge in [-0.1, -0.05) is 0 Å². The lowest BCUT2D eigenvalue weighted by atomic mass is 10.2.